The van der Waals surface area contributed by atoms with E-state index >= 15 is 0 Å². The Morgan fingerprint density at radius 3 is 2.35 bits per heavy atom. The van der Waals surface area contributed by atoms with Crippen LogP contribution in [0.5, 0.6) is 0 Å². The second-order valence-electron chi connectivity index (χ2n) is 4.26. The second-order valence-corrected chi connectivity index (χ2v) is 4.26. The van der Waals surface area contributed by atoms with Crippen molar-refractivity contribution in [2.45, 2.75) is 26.4 Å². The van der Waals surface area contributed by atoms with Crippen LogP contribution in [0, 0.1) is 5.41 Å². The Balaban J connectivity index is 0. The van der Waals surface area contributed by atoms with Crippen molar-refractivity contribution in [3.05, 3.63) is 0 Å². The van der Waals surface area contributed by atoms with Crippen molar-refractivity contribution in [1.29, 1.82) is 0 Å². The molecule has 0 aromatic carbocycles. The summed E-state index contributed by atoms with van der Waals surface area (Å²) in [5.74, 6) is -1.57. The summed E-state index contributed by atoms with van der Waals surface area (Å²) >= 11 is 0. The van der Waals surface area contributed by atoms with Gasteiger partial charge >= 0.3 is 43.7 Å². The number of carbonyl (C=O) groups is 2. The normalized spacial score (nSPS) is 12.5. The van der Waals surface area contributed by atoms with Gasteiger partial charge in [-0.25, -0.2) is 0 Å². The molecular weight excluding hydrogens is 254 g/mol. The van der Waals surface area contributed by atoms with Gasteiger partial charge in [0.1, 0.15) is 6.10 Å². The van der Waals surface area contributed by atoms with Gasteiger partial charge in [0, 0.05) is 19.1 Å². The molecule has 0 aliphatic carbocycles. The van der Waals surface area contributed by atoms with E-state index < -0.39 is 23.4 Å². The predicted octanol–water partition coefficient (Wildman–Crippen LogP) is -0.770. The Labute approximate surface area is 131 Å². The predicted molar refractivity (Wildman–Crippen MR) is 62.7 cm³/mol. The number of ether oxygens (including phenoxy) is 1. The van der Waals surface area contributed by atoms with Crippen LogP contribution in [-0.4, -0.2) is 86.2 Å². The molecule has 0 bridgehead atoms. The summed E-state index contributed by atoms with van der Waals surface area (Å²) in [6.07, 6.45) is -1.38. The van der Waals surface area contributed by atoms with Crippen LogP contribution >= 0.6 is 0 Å². The number of nitrogens with one attached hydrogen (secondary N) is 1. The summed E-state index contributed by atoms with van der Waals surface area (Å²) in [5, 5.41) is 20.4. The van der Waals surface area contributed by atoms with Crippen molar-refractivity contribution in [2.75, 3.05) is 20.3 Å². The minimum absolute atomic E-state index is 0. The average Bonchev–Trinajstić information content (AvgIpc) is 2.15. The molecule has 0 radical (unpaired) electrons. The molecule has 17 heavy (non-hydrogen) atoms. The van der Waals surface area contributed by atoms with E-state index in [0.29, 0.717) is 0 Å². The van der Waals surface area contributed by atoms with E-state index in [4.69, 9.17) is 9.84 Å². The zero-order valence-electron chi connectivity index (χ0n) is 10.5. The largest absolute Gasteiger partial charge is 2.00 e. The smallest absolute Gasteiger partial charge is 0.481 e. The molecule has 0 fully saturated rings. The van der Waals surface area contributed by atoms with E-state index in [0.717, 1.165) is 0 Å². The van der Waals surface area contributed by atoms with Crippen molar-refractivity contribution < 1.29 is 24.5 Å². The maximum Gasteiger partial charge on any atom is 2.00 e. The minimum Gasteiger partial charge on any atom is -0.481 e. The van der Waals surface area contributed by atoms with Gasteiger partial charge in [0.15, 0.2) is 0 Å². The van der Waals surface area contributed by atoms with Gasteiger partial charge in [0.05, 0.1) is 13.0 Å². The maximum atomic E-state index is 11.4. The molecule has 0 saturated carbocycles. The van der Waals surface area contributed by atoms with Crippen molar-refractivity contribution >= 4 is 49.6 Å². The molecule has 0 aromatic heterocycles. The molecule has 1 atom stereocenters. The van der Waals surface area contributed by atoms with Crippen molar-refractivity contribution in [3.63, 3.8) is 0 Å². The minimum atomic E-state index is -1.22. The molecule has 0 aromatic rings. The Bertz CT molecular complexity index is 257. The van der Waals surface area contributed by atoms with Crippen LogP contribution < -0.4 is 5.32 Å². The fourth-order valence-corrected chi connectivity index (χ4v) is 1.20. The van der Waals surface area contributed by atoms with Crippen molar-refractivity contribution in [2.24, 2.45) is 5.41 Å². The van der Waals surface area contributed by atoms with Gasteiger partial charge in [-0.3, -0.25) is 9.59 Å². The molecule has 6 nitrogen and oxygen atoms in total. The number of methoxy groups -OCH3 is 1. The summed E-state index contributed by atoms with van der Waals surface area (Å²) in [5.41, 5.74) is -0.706. The van der Waals surface area contributed by atoms with Crippen LogP contribution in [0.1, 0.15) is 20.3 Å². The second kappa shape index (κ2) is 9.10. The van der Waals surface area contributed by atoms with E-state index in [9.17, 15) is 14.7 Å². The first-order chi connectivity index (χ1) is 7.31. The molecule has 0 aliphatic heterocycles. The van der Waals surface area contributed by atoms with E-state index in [1.807, 2.05) is 0 Å². The SMILES string of the molecule is COCC(C)(C)C(O)C(=O)NCCC(=O)O.[Ca+2]. The number of hydrogen-bond donors (Lipinski definition) is 3. The van der Waals surface area contributed by atoms with E-state index in [-0.39, 0.29) is 57.3 Å². The molecule has 3 N–H and O–H groups in total. The quantitative estimate of drug-likeness (QED) is 0.529. The zero-order chi connectivity index (χ0) is 12.8. The summed E-state index contributed by atoms with van der Waals surface area (Å²) in [6.45, 7) is 3.63. The summed E-state index contributed by atoms with van der Waals surface area (Å²) < 4.78 is 4.89. The number of rotatable bonds is 7. The van der Waals surface area contributed by atoms with Crippen molar-refractivity contribution in [3.8, 4) is 0 Å². The van der Waals surface area contributed by atoms with Crippen LogP contribution in [0.4, 0.5) is 0 Å². The van der Waals surface area contributed by atoms with Gasteiger partial charge in [0.2, 0.25) is 5.91 Å². The Hall–Kier alpha value is 0.120. The number of aliphatic carboxylic acids is 1. The van der Waals surface area contributed by atoms with E-state index in [1.165, 1.54) is 7.11 Å². The summed E-state index contributed by atoms with van der Waals surface area (Å²) in [4.78, 5) is 21.7. The number of hydrogen-bond acceptors (Lipinski definition) is 4. The fraction of sp³-hybridized carbons (Fsp3) is 0.800. The van der Waals surface area contributed by atoms with Gasteiger partial charge < -0.3 is 20.3 Å². The van der Waals surface area contributed by atoms with Crippen LogP contribution in [-0.2, 0) is 14.3 Å². The third-order valence-electron chi connectivity index (χ3n) is 2.14. The standard InChI is InChI=1S/C10H19NO5.Ca/c1-10(2,6-16-3)8(14)9(15)11-5-4-7(12)13;/h8,14H,4-6H2,1-3H3,(H,11,15)(H,12,13);/q;+2. The van der Waals surface area contributed by atoms with Gasteiger partial charge in [0.25, 0.3) is 0 Å². The first kappa shape index (κ1) is 19.5. The fourth-order valence-electron chi connectivity index (χ4n) is 1.20. The Morgan fingerprint density at radius 1 is 1.41 bits per heavy atom. The number of carbonyl (C=O) groups excluding carboxylic acids is 1. The third-order valence-corrected chi connectivity index (χ3v) is 2.14. The number of carboxylic acid groups (broad SMARTS) is 1. The first-order valence-corrected chi connectivity index (χ1v) is 4.97. The summed E-state index contributed by atoms with van der Waals surface area (Å²) in [7, 11) is 1.48. The molecule has 94 valence electrons. The van der Waals surface area contributed by atoms with Crippen LogP contribution in [0.2, 0.25) is 0 Å². The Morgan fingerprint density at radius 2 is 1.94 bits per heavy atom. The van der Waals surface area contributed by atoms with E-state index in [2.05, 4.69) is 5.32 Å². The maximum absolute atomic E-state index is 11.4. The molecule has 0 saturated heterocycles. The third kappa shape index (κ3) is 7.94. The molecule has 0 spiro atoms. The van der Waals surface area contributed by atoms with Crippen molar-refractivity contribution in [1.82, 2.24) is 5.32 Å². The average molecular weight is 273 g/mol. The van der Waals surface area contributed by atoms with Crippen LogP contribution in [0.15, 0.2) is 0 Å². The van der Waals surface area contributed by atoms with Gasteiger partial charge in [-0.1, -0.05) is 13.8 Å². The molecule has 0 rings (SSSR count). The molecule has 1 unspecified atom stereocenters. The summed E-state index contributed by atoms with van der Waals surface area (Å²) in [6, 6.07) is 0. The molecular formula is C10H19CaNO5+2. The van der Waals surface area contributed by atoms with Gasteiger partial charge in [-0.2, -0.15) is 0 Å². The van der Waals surface area contributed by atoms with E-state index in [1.54, 1.807) is 13.8 Å². The molecule has 0 heterocycles. The zero-order valence-corrected chi connectivity index (χ0v) is 12.7. The number of aliphatic hydroxyl groups is 1. The monoisotopic (exact) mass is 273 g/mol. The Kier molecular flexibility index (Phi) is 10.4. The number of carboxylic acids is 1. The first-order valence-electron chi connectivity index (χ1n) is 4.97. The molecule has 1 amide bonds. The number of aliphatic hydroxyl groups excluding tert-OH is 1. The van der Waals surface area contributed by atoms with Gasteiger partial charge in [-0.15, -0.1) is 0 Å². The van der Waals surface area contributed by atoms with Crippen LogP contribution in [0.3, 0.4) is 0 Å². The van der Waals surface area contributed by atoms with Gasteiger partial charge in [-0.05, 0) is 0 Å². The molecule has 0 aliphatic rings. The topological polar surface area (TPSA) is 95.9 Å². The number of amides is 1. The molecule has 7 heteroatoms. The van der Waals surface area contributed by atoms with Crippen LogP contribution in [0.25, 0.3) is 0 Å².